The van der Waals surface area contributed by atoms with Gasteiger partial charge in [0.15, 0.2) is 0 Å². The van der Waals surface area contributed by atoms with Crippen LogP contribution >= 0.6 is 0 Å². The first-order valence-electron chi connectivity index (χ1n) is 10.8. The molecule has 0 aromatic heterocycles. The van der Waals surface area contributed by atoms with E-state index in [1.165, 1.54) is 4.31 Å². The van der Waals surface area contributed by atoms with Crippen LogP contribution in [0, 0.1) is 27.7 Å². The van der Waals surface area contributed by atoms with Gasteiger partial charge < -0.3 is 10.2 Å². The summed E-state index contributed by atoms with van der Waals surface area (Å²) in [6.45, 7) is 11.0. The van der Waals surface area contributed by atoms with E-state index in [0.29, 0.717) is 18.0 Å². The summed E-state index contributed by atoms with van der Waals surface area (Å²) in [6.07, 6.45) is 0.176. The van der Waals surface area contributed by atoms with Gasteiger partial charge in [-0.3, -0.25) is 4.79 Å². The summed E-state index contributed by atoms with van der Waals surface area (Å²) < 4.78 is 28.8. The lowest BCUT2D eigenvalue weighted by molar-refractivity contribution is -0.131. The van der Waals surface area contributed by atoms with E-state index in [9.17, 15) is 13.2 Å². The number of carbonyl (C=O) groups excluding carboxylic acids is 1. The third-order valence-corrected chi connectivity index (χ3v) is 7.88. The van der Waals surface area contributed by atoms with Crippen LogP contribution in [0.2, 0.25) is 0 Å². The SMILES string of the molecule is Cc1cccc(CN(CCC(=O)N2CCNCC2)S(=O)(=O)c2cc(C)c(C)cc2C)c1. The van der Waals surface area contributed by atoms with Crippen molar-refractivity contribution < 1.29 is 13.2 Å². The summed E-state index contributed by atoms with van der Waals surface area (Å²) in [5.74, 6) is 0.00255. The molecular weight excluding hydrogens is 410 g/mol. The Morgan fingerprint density at radius 3 is 2.35 bits per heavy atom. The van der Waals surface area contributed by atoms with Crippen molar-refractivity contribution in [3.63, 3.8) is 0 Å². The minimum atomic E-state index is -3.76. The number of hydrogen-bond donors (Lipinski definition) is 1. The zero-order valence-corrected chi connectivity index (χ0v) is 19.8. The summed E-state index contributed by atoms with van der Waals surface area (Å²) >= 11 is 0. The number of aryl methyl sites for hydroxylation is 4. The molecule has 0 unspecified atom stereocenters. The molecule has 6 nitrogen and oxygen atoms in total. The number of benzene rings is 2. The molecule has 0 spiro atoms. The van der Waals surface area contributed by atoms with Gasteiger partial charge in [0.05, 0.1) is 4.90 Å². The molecule has 1 amide bonds. The van der Waals surface area contributed by atoms with E-state index < -0.39 is 10.0 Å². The van der Waals surface area contributed by atoms with Crippen molar-refractivity contribution in [1.29, 1.82) is 0 Å². The number of rotatable bonds is 7. The summed E-state index contributed by atoms with van der Waals surface area (Å²) in [6, 6.07) is 11.5. The third kappa shape index (κ3) is 5.73. The molecule has 0 aliphatic carbocycles. The number of piperazine rings is 1. The topological polar surface area (TPSA) is 69.7 Å². The Morgan fingerprint density at radius 2 is 1.68 bits per heavy atom. The number of sulfonamides is 1. The number of amides is 1. The minimum absolute atomic E-state index is 0.00255. The maximum atomic E-state index is 13.7. The van der Waals surface area contributed by atoms with Gasteiger partial charge in [0.2, 0.25) is 15.9 Å². The van der Waals surface area contributed by atoms with Gasteiger partial charge in [-0.25, -0.2) is 8.42 Å². The molecule has 168 valence electrons. The second-order valence-electron chi connectivity index (χ2n) is 8.41. The molecule has 1 saturated heterocycles. The fourth-order valence-electron chi connectivity index (χ4n) is 3.94. The fourth-order valence-corrected chi connectivity index (χ4v) is 5.66. The standard InChI is InChI=1S/C24H33N3O3S/c1-18-6-5-7-22(14-18)17-27(11-8-24(28)26-12-9-25-10-13-26)31(29,30)23-16-20(3)19(2)15-21(23)4/h5-7,14-16,25H,8-13,17H2,1-4H3. The van der Waals surface area contributed by atoms with E-state index in [2.05, 4.69) is 5.32 Å². The monoisotopic (exact) mass is 443 g/mol. The Labute approximate surface area is 186 Å². The van der Waals surface area contributed by atoms with Gasteiger partial charge in [-0.2, -0.15) is 4.31 Å². The maximum absolute atomic E-state index is 13.7. The van der Waals surface area contributed by atoms with E-state index in [0.717, 1.165) is 40.9 Å². The Kier molecular flexibility index (Phi) is 7.51. The van der Waals surface area contributed by atoms with Crippen molar-refractivity contribution in [2.45, 2.75) is 45.6 Å². The molecule has 0 saturated carbocycles. The van der Waals surface area contributed by atoms with E-state index >= 15 is 0 Å². The quantitative estimate of drug-likeness (QED) is 0.714. The van der Waals surface area contributed by atoms with Gasteiger partial charge in [-0.05, 0) is 56.0 Å². The maximum Gasteiger partial charge on any atom is 0.243 e. The predicted molar refractivity (Wildman–Crippen MR) is 123 cm³/mol. The molecule has 1 aliphatic rings. The summed E-state index contributed by atoms with van der Waals surface area (Å²) in [5.41, 5.74) is 4.73. The van der Waals surface area contributed by atoms with Crippen LogP contribution in [0.25, 0.3) is 0 Å². The zero-order valence-electron chi connectivity index (χ0n) is 18.9. The van der Waals surface area contributed by atoms with Crippen molar-refractivity contribution in [2.24, 2.45) is 0 Å². The lowest BCUT2D eigenvalue weighted by Crippen LogP contribution is -2.47. The van der Waals surface area contributed by atoms with E-state index in [1.807, 2.05) is 62.9 Å². The molecule has 2 aromatic rings. The third-order valence-electron chi connectivity index (χ3n) is 5.90. The van der Waals surface area contributed by atoms with Gasteiger partial charge in [-0.15, -0.1) is 0 Å². The number of hydrogen-bond acceptors (Lipinski definition) is 4. The highest BCUT2D eigenvalue weighted by Gasteiger charge is 2.28. The average molecular weight is 444 g/mol. The van der Waals surface area contributed by atoms with Crippen LogP contribution in [-0.2, 0) is 21.4 Å². The largest absolute Gasteiger partial charge is 0.340 e. The average Bonchev–Trinajstić information content (AvgIpc) is 2.74. The van der Waals surface area contributed by atoms with E-state index in [1.54, 1.807) is 6.07 Å². The molecule has 1 N–H and O–H groups in total. The normalized spacial score (nSPS) is 14.8. The summed E-state index contributed by atoms with van der Waals surface area (Å²) in [5, 5.41) is 3.23. The van der Waals surface area contributed by atoms with Crippen LogP contribution in [0.5, 0.6) is 0 Å². The van der Waals surface area contributed by atoms with Crippen LogP contribution in [-0.4, -0.2) is 56.3 Å². The summed E-state index contributed by atoms with van der Waals surface area (Å²) in [7, 11) is -3.76. The first-order valence-corrected chi connectivity index (χ1v) is 12.2. The van der Waals surface area contributed by atoms with Crippen LogP contribution < -0.4 is 5.32 Å². The van der Waals surface area contributed by atoms with Crippen molar-refractivity contribution >= 4 is 15.9 Å². The predicted octanol–water partition coefficient (Wildman–Crippen LogP) is 2.93. The molecule has 1 aliphatic heterocycles. The lowest BCUT2D eigenvalue weighted by atomic mass is 10.1. The number of carbonyl (C=O) groups is 1. The molecule has 31 heavy (non-hydrogen) atoms. The molecule has 1 heterocycles. The number of nitrogens with one attached hydrogen (secondary N) is 1. The van der Waals surface area contributed by atoms with Crippen molar-refractivity contribution in [3.8, 4) is 0 Å². The molecular formula is C24H33N3O3S. The van der Waals surface area contributed by atoms with Crippen molar-refractivity contribution in [3.05, 3.63) is 64.2 Å². The van der Waals surface area contributed by atoms with Gasteiger partial charge in [-0.1, -0.05) is 35.9 Å². The molecule has 2 aromatic carbocycles. The molecule has 0 atom stereocenters. The van der Waals surface area contributed by atoms with Gasteiger partial charge >= 0.3 is 0 Å². The number of nitrogens with zero attached hydrogens (tertiary/aromatic N) is 2. The minimum Gasteiger partial charge on any atom is -0.340 e. The van der Waals surface area contributed by atoms with E-state index in [-0.39, 0.29) is 25.4 Å². The van der Waals surface area contributed by atoms with Crippen LogP contribution in [0.1, 0.15) is 34.2 Å². The smallest absolute Gasteiger partial charge is 0.243 e. The van der Waals surface area contributed by atoms with Gasteiger partial charge in [0.25, 0.3) is 0 Å². The van der Waals surface area contributed by atoms with Crippen molar-refractivity contribution in [2.75, 3.05) is 32.7 Å². The highest BCUT2D eigenvalue weighted by Crippen LogP contribution is 2.25. The molecule has 3 rings (SSSR count). The Morgan fingerprint density at radius 1 is 1.00 bits per heavy atom. The highest BCUT2D eigenvalue weighted by atomic mass is 32.2. The Balaban J connectivity index is 1.88. The molecule has 0 radical (unpaired) electrons. The first kappa shape index (κ1) is 23.4. The van der Waals surface area contributed by atoms with E-state index in [4.69, 9.17) is 0 Å². The molecule has 0 bridgehead atoms. The Bertz CT molecular complexity index is 1040. The zero-order chi connectivity index (χ0) is 22.6. The van der Waals surface area contributed by atoms with Crippen LogP contribution in [0.15, 0.2) is 41.3 Å². The van der Waals surface area contributed by atoms with Gasteiger partial charge in [0, 0.05) is 45.7 Å². The molecule has 1 fully saturated rings. The molecule has 7 heteroatoms. The fraction of sp³-hybridized carbons (Fsp3) is 0.458. The van der Waals surface area contributed by atoms with Gasteiger partial charge in [0.1, 0.15) is 0 Å². The summed E-state index contributed by atoms with van der Waals surface area (Å²) in [4.78, 5) is 14.8. The first-order chi connectivity index (χ1) is 14.7. The second kappa shape index (κ2) is 9.94. The lowest BCUT2D eigenvalue weighted by Gasteiger charge is -2.29. The highest BCUT2D eigenvalue weighted by molar-refractivity contribution is 7.89. The van der Waals surface area contributed by atoms with Crippen molar-refractivity contribution in [1.82, 2.24) is 14.5 Å². The second-order valence-corrected chi connectivity index (χ2v) is 10.3. The van der Waals surface area contributed by atoms with Crippen LogP contribution in [0.3, 0.4) is 0 Å². The van der Waals surface area contributed by atoms with Crippen LogP contribution in [0.4, 0.5) is 0 Å². The Hall–Kier alpha value is -2.22.